The smallest absolute Gasteiger partial charge is 0.238 e. The normalized spacial score (nSPS) is 26.0. The lowest BCUT2D eigenvalue weighted by atomic mass is 10.3. The van der Waals surface area contributed by atoms with Crippen LogP contribution < -0.4 is 10.6 Å². The third-order valence-electron chi connectivity index (χ3n) is 3.30. The molecule has 0 aromatic heterocycles. The fraction of sp³-hybridized carbons (Fsp3) is 0.917. The molecule has 0 aromatic carbocycles. The fourth-order valence-corrected chi connectivity index (χ4v) is 3.25. The summed E-state index contributed by atoms with van der Waals surface area (Å²) in [6, 6.07) is -0.0137. The first-order valence-corrected chi connectivity index (χ1v) is 7.72. The highest BCUT2D eigenvalue weighted by atomic mass is 32.2. The highest BCUT2D eigenvalue weighted by Crippen LogP contribution is 2.20. The van der Waals surface area contributed by atoms with Gasteiger partial charge in [-0.3, -0.25) is 4.79 Å². The Morgan fingerprint density at radius 1 is 1.41 bits per heavy atom. The highest BCUT2D eigenvalue weighted by molar-refractivity contribution is 7.99. The second-order valence-electron chi connectivity index (χ2n) is 4.65. The molecule has 1 amide bonds. The van der Waals surface area contributed by atoms with Crippen LogP contribution in [0.4, 0.5) is 0 Å². The van der Waals surface area contributed by atoms with Crippen molar-refractivity contribution in [2.24, 2.45) is 0 Å². The maximum atomic E-state index is 11.8. The molecular formula is C12H22N2O2S. The number of rotatable bonds is 5. The van der Waals surface area contributed by atoms with Gasteiger partial charge in [0.25, 0.3) is 0 Å². The zero-order valence-electron chi connectivity index (χ0n) is 10.2. The van der Waals surface area contributed by atoms with Gasteiger partial charge >= 0.3 is 0 Å². The van der Waals surface area contributed by atoms with Crippen LogP contribution in [0.25, 0.3) is 0 Å². The molecule has 1 unspecified atom stereocenters. The van der Waals surface area contributed by atoms with Crippen molar-refractivity contribution < 1.29 is 9.53 Å². The molecule has 2 N–H and O–H groups in total. The maximum absolute atomic E-state index is 11.8. The molecule has 0 aromatic rings. The van der Waals surface area contributed by atoms with Gasteiger partial charge in [-0.25, -0.2) is 0 Å². The Morgan fingerprint density at radius 3 is 2.94 bits per heavy atom. The van der Waals surface area contributed by atoms with Gasteiger partial charge in [0.2, 0.25) is 5.91 Å². The number of carbonyl (C=O) groups excluding carboxylic acids is 1. The summed E-state index contributed by atoms with van der Waals surface area (Å²) in [5.74, 6) is 2.11. The van der Waals surface area contributed by atoms with Crippen molar-refractivity contribution in [3.8, 4) is 0 Å². The molecule has 4 nitrogen and oxygen atoms in total. The van der Waals surface area contributed by atoms with Gasteiger partial charge in [0, 0.05) is 24.6 Å². The monoisotopic (exact) mass is 258 g/mol. The number of nitrogens with one attached hydrogen (secondary N) is 2. The number of hydrogen-bond donors (Lipinski definition) is 2. The van der Waals surface area contributed by atoms with Gasteiger partial charge in [-0.15, -0.1) is 0 Å². The molecule has 2 aliphatic rings. The Balaban J connectivity index is 1.53. The standard InChI is InChI=1S/C12H22N2O2S/c15-12(11-9-17-8-6-13-11)14-5-7-16-10-3-1-2-4-10/h10-11,13H,1-9H2,(H,14,15). The molecule has 1 saturated carbocycles. The minimum atomic E-state index is -0.0137. The van der Waals surface area contributed by atoms with E-state index in [0.29, 0.717) is 19.3 Å². The van der Waals surface area contributed by atoms with Crippen LogP contribution in [-0.4, -0.2) is 49.3 Å². The summed E-state index contributed by atoms with van der Waals surface area (Å²) in [6.45, 7) is 2.22. The van der Waals surface area contributed by atoms with Crippen molar-refractivity contribution in [2.45, 2.75) is 37.8 Å². The predicted molar refractivity (Wildman–Crippen MR) is 70.3 cm³/mol. The number of hydrogen-bond acceptors (Lipinski definition) is 4. The van der Waals surface area contributed by atoms with Gasteiger partial charge in [0.05, 0.1) is 18.8 Å². The minimum Gasteiger partial charge on any atom is -0.376 e. The lowest BCUT2D eigenvalue weighted by Gasteiger charge is -2.22. The summed E-state index contributed by atoms with van der Waals surface area (Å²) in [5.41, 5.74) is 0. The molecule has 98 valence electrons. The predicted octanol–water partition coefficient (Wildman–Crippen LogP) is 0.767. The second-order valence-corrected chi connectivity index (χ2v) is 5.80. The SMILES string of the molecule is O=C(NCCOC1CCCC1)C1CSCCN1. The van der Waals surface area contributed by atoms with E-state index in [0.717, 1.165) is 18.1 Å². The molecule has 1 atom stereocenters. The van der Waals surface area contributed by atoms with Crippen molar-refractivity contribution in [3.05, 3.63) is 0 Å². The van der Waals surface area contributed by atoms with Gasteiger partial charge in [-0.05, 0) is 12.8 Å². The Labute approximate surface area is 107 Å². The molecule has 2 rings (SSSR count). The molecule has 5 heteroatoms. The Bertz CT molecular complexity index is 239. The highest BCUT2D eigenvalue weighted by Gasteiger charge is 2.20. The minimum absolute atomic E-state index is 0.0137. The molecule has 1 aliphatic heterocycles. The van der Waals surface area contributed by atoms with Crippen LogP contribution in [0.5, 0.6) is 0 Å². The lowest BCUT2D eigenvalue weighted by Crippen LogP contribution is -2.49. The molecule has 0 bridgehead atoms. The third-order valence-corrected chi connectivity index (χ3v) is 4.36. The summed E-state index contributed by atoms with van der Waals surface area (Å²) >= 11 is 1.84. The van der Waals surface area contributed by atoms with Gasteiger partial charge in [-0.1, -0.05) is 12.8 Å². The first-order chi connectivity index (χ1) is 8.36. The summed E-state index contributed by atoms with van der Waals surface area (Å²) in [6.07, 6.45) is 5.40. The van der Waals surface area contributed by atoms with Gasteiger partial charge in [0.15, 0.2) is 0 Å². The summed E-state index contributed by atoms with van der Waals surface area (Å²) in [7, 11) is 0. The summed E-state index contributed by atoms with van der Waals surface area (Å²) < 4.78 is 5.70. The first kappa shape index (κ1) is 13.2. The van der Waals surface area contributed by atoms with Gasteiger partial charge in [0.1, 0.15) is 0 Å². The van der Waals surface area contributed by atoms with Crippen molar-refractivity contribution >= 4 is 17.7 Å². The van der Waals surface area contributed by atoms with E-state index in [9.17, 15) is 4.79 Å². The molecule has 0 spiro atoms. The summed E-state index contributed by atoms with van der Waals surface area (Å²) in [5, 5.41) is 6.16. The topological polar surface area (TPSA) is 50.4 Å². The van der Waals surface area contributed by atoms with Crippen LogP contribution in [-0.2, 0) is 9.53 Å². The number of thioether (sulfide) groups is 1. The molecule has 1 saturated heterocycles. The zero-order chi connectivity index (χ0) is 11.9. The van der Waals surface area contributed by atoms with Gasteiger partial charge < -0.3 is 15.4 Å². The van der Waals surface area contributed by atoms with Crippen molar-refractivity contribution in [2.75, 3.05) is 31.2 Å². The number of ether oxygens (including phenoxy) is 1. The molecule has 1 aliphatic carbocycles. The van der Waals surface area contributed by atoms with E-state index in [1.165, 1.54) is 25.7 Å². The summed E-state index contributed by atoms with van der Waals surface area (Å²) in [4.78, 5) is 11.8. The number of amides is 1. The molecule has 0 radical (unpaired) electrons. The molecule has 17 heavy (non-hydrogen) atoms. The number of carbonyl (C=O) groups is 1. The molecule has 2 fully saturated rings. The van der Waals surface area contributed by atoms with E-state index in [1.807, 2.05) is 11.8 Å². The third kappa shape index (κ3) is 4.48. The lowest BCUT2D eigenvalue weighted by molar-refractivity contribution is -0.123. The molecular weight excluding hydrogens is 236 g/mol. The van der Waals surface area contributed by atoms with E-state index in [-0.39, 0.29) is 11.9 Å². The van der Waals surface area contributed by atoms with Crippen LogP contribution in [0.3, 0.4) is 0 Å². The van der Waals surface area contributed by atoms with Crippen LogP contribution in [0.2, 0.25) is 0 Å². The van der Waals surface area contributed by atoms with Crippen molar-refractivity contribution in [1.29, 1.82) is 0 Å². The first-order valence-electron chi connectivity index (χ1n) is 6.57. The van der Waals surface area contributed by atoms with Crippen LogP contribution in [0, 0.1) is 0 Å². The average molecular weight is 258 g/mol. The maximum Gasteiger partial charge on any atom is 0.238 e. The molecule has 1 heterocycles. The van der Waals surface area contributed by atoms with Gasteiger partial charge in [-0.2, -0.15) is 11.8 Å². The van der Waals surface area contributed by atoms with E-state index >= 15 is 0 Å². The second kappa shape index (κ2) is 7.24. The van der Waals surface area contributed by atoms with E-state index in [1.54, 1.807) is 0 Å². The van der Waals surface area contributed by atoms with E-state index < -0.39 is 0 Å². The van der Waals surface area contributed by atoms with Crippen LogP contribution >= 0.6 is 11.8 Å². The van der Waals surface area contributed by atoms with Crippen LogP contribution in [0.1, 0.15) is 25.7 Å². The van der Waals surface area contributed by atoms with Crippen molar-refractivity contribution in [1.82, 2.24) is 10.6 Å². The Morgan fingerprint density at radius 2 is 2.24 bits per heavy atom. The van der Waals surface area contributed by atoms with Crippen LogP contribution in [0.15, 0.2) is 0 Å². The fourth-order valence-electron chi connectivity index (χ4n) is 2.31. The Kier molecular flexibility index (Phi) is 5.61. The average Bonchev–Trinajstić information content (AvgIpc) is 2.88. The van der Waals surface area contributed by atoms with E-state index in [4.69, 9.17) is 4.74 Å². The zero-order valence-corrected chi connectivity index (χ0v) is 11.1. The van der Waals surface area contributed by atoms with Crippen molar-refractivity contribution in [3.63, 3.8) is 0 Å². The Hall–Kier alpha value is -0.260. The largest absolute Gasteiger partial charge is 0.376 e. The van der Waals surface area contributed by atoms with E-state index in [2.05, 4.69) is 10.6 Å². The quantitative estimate of drug-likeness (QED) is 0.715.